The van der Waals surface area contributed by atoms with Gasteiger partial charge in [-0.25, -0.2) is 15.6 Å². The number of hydrogen-bond acceptors (Lipinski definition) is 4. The number of thiazole rings is 1. The van der Waals surface area contributed by atoms with Crippen LogP contribution in [0.15, 0.2) is 29.6 Å². The third-order valence-corrected chi connectivity index (χ3v) is 2.96. The van der Waals surface area contributed by atoms with Crippen LogP contribution in [0.1, 0.15) is 5.01 Å². The predicted molar refractivity (Wildman–Crippen MR) is 68.6 cm³/mol. The first kappa shape index (κ1) is 11.6. The van der Waals surface area contributed by atoms with Crippen LogP contribution in [0, 0.1) is 6.92 Å². The Morgan fingerprint density at radius 3 is 2.59 bits per heavy atom. The minimum atomic E-state index is -0.442. The second kappa shape index (κ2) is 4.94. The minimum Gasteiger partial charge on any atom is -0.307 e. The van der Waals surface area contributed by atoms with Crippen LogP contribution in [0.2, 0.25) is 0 Å². The van der Waals surface area contributed by atoms with Crippen LogP contribution in [-0.2, 0) is 0 Å². The van der Waals surface area contributed by atoms with Gasteiger partial charge in [-0.1, -0.05) is 12.1 Å². The molecule has 1 aromatic heterocycles. The van der Waals surface area contributed by atoms with E-state index in [2.05, 4.69) is 10.3 Å². The number of carbonyl (C=O) groups excluding carboxylic acids is 1. The molecule has 0 saturated carbocycles. The first-order valence-electron chi connectivity index (χ1n) is 4.99. The van der Waals surface area contributed by atoms with E-state index >= 15 is 0 Å². The average Bonchev–Trinajstić information content (AvgIpc) is 2.77. The number of nitrogens with zero attached hydrogens (tertiary/aromatic N) is 1. The second-order valence-electron chi connectivity index (χ2n) is 3.43. The Labute approximate surface area is 103 Å². The lowest BCUT2D eigenvalue weighted by molar-refractivity contribution is 0.252. The number of carbonyl (C=O) groups is 1. The maximum atomic E-state index is 11.0. The number of amides is 2. The molecule has 0 aliphatic carbocycles. The van der Waals surface area contributed by atoms with Crippen molar-refractivity contribution in [3.8, 4) is 11.3 Å². The van der Waals surface area contributed by atoms with Crippen LogP contribution in [0.3, 0.4) is 0 Å². The van der Waals surface area contributed by atoms with E-state index in [-0.39, 0.29) is 0 Å². The molecule has 1 heterocycles. The largest absolute Gasteiger partial charge is 0.333 e. The van der Waals surface area contributed by atoms with Gasteiger partial charge in [-0.05, 0) is 19.1 Å². The van der Waals surface area contributed by atoms with Gasteiger partial charge in [-0.3, -0.25) is 5.43 Å². The van der Waals surface area contributed by atoms with Crippen molar-refractivity contribution >= 4 is 23.1 Å². The van der Waals surface area contributed by atoms with Crippen molar-refractivity contribution < 1.29 is 4.79 Å². The summed E-state index contributed by atoms with van der Waals surface area (Å²) in [7, 11) is 0. The summed E-state index contributed by atoms with van der Waals surface area (Å²) < 4.78 is 0. The molecule has 0 spiro atoms. The molecule has 88 valence electrons. The van der Waals surface area contributed by atoms with E-state index in [0.717, 1.165) is 16.3 Å². The summed E-state index contributed by atoms with van der Waals surface area (Å²) in [5, 5.41) is 5.62. The highest BCUT2D eigenvalue weighted by Gasteiger charge is 2.03. The van der Waals surface area contributed by atoms with Crippen LogP contribution in [0.5, 0.6) is 0 Å². The number of nitrogens with one attached hydrogen (secondary N) is 2. The molecule has 4 N–H and O–H groups in total. The predicted octanol–water partition coefficient (Wildman–Crippen LogP) is 2.11. The highest BCUT2D eigenvalue weighted by atomic mass is 32.1. The third-order valence-electron chi connectivity index (χ3n) is 2.19. The highest BCUT2D eigenvalue weighted by molar-refractivity contribution is 7.09. The molecule has 0 aliphatic heterocycles. The number of urea groups is 1. The molecule has 0 fully saturated rings. The van der Waals surface area contributed by atoms with Crippen LogP contribution < -0.4 is 16.6 Å². The molecule has 0 atom stereocenters. The van der Waals surface area contributed by atoms with Gasteiger partial charge in [0.1, 0.15) is 0 Å². The van der Waals surface area contributed by atoms with Crippen molar-refractivity contribution in [1.82, 2.24) is 10.4 Å². The molecule has 0 radical (unpaired) electrons. The Morgan fingerprint density at radius 1 is 1.35 bits per heavy atom. The number of anilines is 1. The second-order valence-corrected chi connectivity index (χ2v) is 4.49. The zero-order valence-electron chi connectivity index (χ0n) is 9.23. The number of rotatable bonds is 2. The Balaban J connectivity index is 2.15. The smallest absolute Gasteiger partial charge is 0.307 e. The molecule has 5 nitrogen and oxygen atoms in total. The van der Waals surface area contributed by atoms with E-state index in [0.29, 0.717) is 5.69 Å². The Morgan fingerprint density at radius 2 is 2.06 bits per heavy atom. The summed E-state index contributed by atoms with van der Waals surface area (Å²) in [6, 6.07) is 6.97. The average molecular weight is 248 g/mol. The SMILES string of the molecule is Cc1nc(-c2ccc(NC(=O)NN)cc2)cs1. The van der Waals surface area contributed by atoms with Crippen molar-refractivity contribution in [3.05, 3.63) is 34.7 Å². The minimum absolute atomic E-state index is 0.442. The normalized spacial score (nSPS) is 10.0. The number of nitrogens with two attached hydrogens (primary N) is 1. The zero-order valence-corrected chi connectivity index (χ0v) is 10.0. The summed E-state index contributed by atoms with van der Waals surface area (Å²) >= 11 is 1.61. The standard InChI is InChI=1S/C11H12N4OS/c1-7-13-10(6-17-7)8-2-4-9(5-3-8)14-11(16)15-12/h2-6H,12H2,1H3,(H2,14,15,16). The molecular formula is C11H12N4OS. The molecule has 2 amide bonds. The number of aromatic nitrogens is 1. The molecule has 0 unspecified atom stereocenters. The Hall–Kier alpha value is -1.92. The first-order chi connectivity index (χ1) is 8.19. The van der Waals surface area contributed by atoms with Crippen LogP contribution >= 0.6 is 11.3 Å². The van der Waals surface area contributed by atoms with E-state index in [9.17, 15) is 4.79 Å². The van der Waals surface area contributed by atoms with Gasteiger partial charge >= 0.3 is 6.03 Å². The number of hydrogen-bond donors (Lipinski definition) is 3. The fraction of sp³-hybridized carbons (Fsp3) is 0.0909. The summed E-state index contributed by atoms with van der Waals surface area (Å²) in [5.41, 5.74) is 4.65. The monoisotopic (exact) mass is 248 g/mol. The quantitative estimate of drug-likeness (QED) is 0.432. The van der Waals surface area contributed by atoms with Gasteiger partial charge in [-0.15, -0.1) is 11.3 Å². The van der Waals surface area contributed by atoms with E-state index < -0.39 is 6.03 Å². The Kier molecular flexibility index (Phi) is 3.36. The number of benzene rings is 1. The van der Waals surface area contributed by atoms with Gasteiger partial charge in [0, 0.05) is 16.6 Å². The summed E-state index contributed by atoms with van der Waals surface area (Å²) in [6.07, 6.45) is 0. The lowest BCUT2D eigenvalue weighted by Crippen LogP contribution is -2.34. The molecule has 2 rings (SSSR count). The molecule has 6 heteroatoms. The first-order valence-corrected chi connectivity index (χ1v) is 5.87. The third kappa shape index (κ3) is 2.80. The van der Waals surface area contributed by atoms with Crippen molar-refractivity contribution in [2.24, 2.45) is 5.84 Å². The summed E-state index contributed by atoms with van der Waals surface area (Å²) in [6.45, 7) is 1.97. The van der Waals surface area contributed by atoms with Crippen molar-refractivity contribution in [2.75, 3.05) is 5.32 Å². The Bertz CT molecular complexity index is 521. The molecule has 0 bridgehead atoms. The highest BCUT2D eigenvalue weighted by Crippen LogP contribution is 2.22. The van der Waals surface area contributed by atoms with Gasteiger partial charge in [0.25, 0.3) is 0 Å². The van der Waals surface area contributed by atoms with E-state index in [1.54, 1.807) is 23.5 Å². The fourth-order valence-corrected chi connectivity index (χ4v) is 2.01. The summed E-state index contributed by atoms with van der Waals surface area (Å²) in [5.74, 6) is 4.97. The van der Waals surface area contributed by atoms with Gasteiger partial charge in [0.2, 0.25) is 0 Å². The molecule has 2 aromatic rings. The molecule has 0 aliphatic rings. The number of aryl methyl sites for hydroxylation is 1. The molecule has 17 heavy (non-hydrogen) atoms. The molecular weight excluding hydrogens is 236 g/mol. The topological polar surface area (TPSA) is 80.0 Å². The van der Waals surface area contributed by atoms with E-state index in [1.165, 1.54) is 0 Å². The van der Waals surface area contributed by atoms with Gasteiger partial charge in [-0.2, -0.15) is 0 Å². The molecule has 1 aromatic carbocycles. The van der Waals surface area contributed by atoms with Crippen molar-refractivity contribution in [3.63, 3.8) is 0 Å². The fourth-order valence-electron chi connectivity index (χ4n) is 1.39. The maximum absolute atomic E-state index is 11.0. The van der Waals surface area contributed by atoms with Crippen LogP contribution in [0.25, 0.3) is 11.3 Å². The summed E-state index contributed by atoms with van der Waals surface area (Å²) in [4.78, 5) is 15.4. The zero-order chi connectivity index (χ0) is 12.3. The molecule has 0 saturated heterocycles. The maximum Gasteiger partial charge on any atom is 0.333 e. The number of hydrazine groups is 1. The van der Waals surface area contributed by atoms with Gasteiger partial charge < -0.3 is 5.32 Å². The van der Waals surface area contributed by atoms with Gasteiger partial charge in [0.05, 0.1) is 10.7 Å². The van der Waals surface area contributed by atoms with Crippen LogP contribution in [-0.4, -0.2) is 11.0 Å². The van der Waals surface area contributed by atoms with E-state index in [1.807, 2.05) is 29.9 Å². The van der Waals surface area contributed by atoms with Crippen molar-refractivity contribution in [1.29, 1.82) is 0 Å². The van der Waals surface area contributed by atoms with Gasteiger partial charge in [0.15, 0.2) is 0 Å². The lowest BCUT2D eigenvalue weighted by Gasteiger charge is -2.04. The lowest BCUT2D eigenvalue weighted by atomic mass is 10.1. The van der Waals surface area contributed by atoms with Crippen molar-refractivity contribution in [2.45, 2.75) is 6.92 Å². The van der Waals surface area contributed by atoms with Crippen LogP contribution in [0.4, 0.5) is 10.5 Å². The van der Waals surface area contributed by atoms with E-state index in [4.69, 9.17) is 5.84 Å².